The first-order chi connectivity index (χ1) is 18.6. The summed E-state index contributed by atoms with van der Waals surface area (Å²) in [6.07, 6.45) is 0. The summed E-state index contributed by atoms with van der Waals surface area (Å²) in [7, 11) is -4.16. The van der Waals surface area contributed by atoms with Crippen LogP contribution in [0.25, 0.3) is 0 Å². The molecule has 1 atom stereocenters. The lowest BCUT2D eigenvalue weighted by atomic mass is 10.1. The molecular formula is C30H37N3O5S. The highest BCUT2D eigenvalue weighted by atomic mass is 32.2. The quantitative estimate of drug-likeness (QED) is 0.357. The lowest BCUT2D eigenvalue weighted by Gasteiger charge is -2.33. The third-order valence-electron chi connectivity index (χ3n) is 6.24. The molecule has 0 saturated carbocycles. The molecule has 1 N–H and O–H groups in total. The van der Waals surface area contributed by atoms with Gasteiger partial charge < -0.3 is 15.0 Å². The van der Waals surface area contributed by atoms with E-state index < -0.39 is 28.5 Å². The van der Waals surface area contributed by atoms with Crippen LogP contribution in [0.5, 0.6) is 5.75 Å². The van der Waals surface area contributed by atoms with Gasteiger partial charge in [0, 0.05) is 12.6 Å². The van der Waals surface area contributed by atoms with E-state index in [2.05, 4.69) is 5.32 Å². The maximum Gasteiger partial charge on any atom is 0.264 e. The van der Waals surface area contributed by atoms with Crippen LogP contribution in [-0.4, -0.2) is 50.4 Å². The first-order valence-corrected chi connectivity index (χ1v) is 14.4. The molecule has 39 heavy (non-hydrogen) atoms. The molecule has 3 aromatic carbocycles. The topological polar surface area (TPSA) is 96.0 Å². The van der Waals surface area contributed by atoms with Gasteiger partial charge in [0.25, 0.3) is 10.0 Å². The highest BCUT2D eigenvalue weighted by molar-refractivity contribution is 7.92. The van der Waals surface area contributed by atoms with Crippen molar-refractivity contribution in [3.8, 4) is 5.75 Å². The Morgan fingerprint density at radius 2 is 1.51 bits per heavy atom. The van der Waals surface area contributed by atoms with E-state index >= 15 is 0 Å². The van der Waals surface area contributed by atoms with Gasteiger partial charge in [-0.25, -0.2) is 8.42 Å². The molecule has 3 rings (SSSR count). The predicted octanol–water partition coefficient (Wildman–Crippen LogP) is 4.53. The first-order valence-electron chi connectivity index (χ1n) is 13.0. The molecule has 0 saturated heterocycles. The number of nitrogens with zero attached hydrogens (tertiary/aromatic N) is 2. The van der Waals surface area contributed by atoms with Crippen molar-refractivity contribution in [1.29, 1.82) is 0 Å². The van der Waals surface area contributed by atoms with Crippen LogP contribution >= 0.6 is 0 Å². The lowest BCUT2D eigenvalue weighted by Crippen LogP contribution is -2.52. The van der Waals surface area contributed by atoms with Crippen LogP contribution in [0.1, 0.15) is 38.8 Å². The Hall–Kier alpha value is -3.85. The maximum absolute atomic E-state index is 14.0. The van der Waals surface area contributed by atoms with Crippen molar-refractivity contribution in [3.63, 3.8) is 0 Å². The predicted molar refractivity (Wildman–Crippen MR) is 153 cm³/mol. The standard InChI is InChI=1S/C30H37N3O5S/c1-6-38-28-19-13-12-18-27(28)33(39(36,37)26-16-8-7-9-17-26)21-29(34)32(24(5)30(35)31-22(2)3)20-25-15-11-10-14-23(25)4/h7-19,22,24H,6,20-21H2,1-5H3,(H,31,35)/t24-/m0/s1. The summed E-state index contributed by atoms with van der Waals surface area (Å²) in [5, 5.41) is 2.86. The second-order valence-electron chi connectivity index (χ2n) is 9.51. The van der Waals surface area contributed by atoms with E-state index in [0.717, 1.165) is 15.4 Å². The number of sulfonamides is 1. The average molecular weight is 552 g/mol. The molecule has 0 aliphatic rings. The van der Waals surface area contributed by atoms with Gasteiger partial charge in [-0.2, -0.15) is 0 Å². The molecular weight excluding hydrogens is 514 g/mol. The molecule has 0 aliphatic heterocycles. The number of hydrogen-bond donors (Lipinski definition) is 1. The Bertz CT molecular complexity index is 1380. The number of aryl methyl sites for hydroxylation is 1. The summed E-state index contributed by atoms with van der Waals surface area (Å²) >= 11 is 0. The van der Waals surface area contributed by atoms with E-state index in [1.54, 1.807) is 56.3 Å². The summed E-state index contributed by atoms with van der Waals surface area (Å²) in [6, 6.07) is 21.3. The molecule has 0 bridgehead atoms. The van der Waals surface area contributed by atoms with Gasteiger partial charge >= 0.3 is 0 Å². The van der Waals surface area contributed by atoms with Gasteiger partial charge in [-0.3, -0.25) is 13.9 Å². The maximum atomic E-state index is 14.0. The van der Waals surface area contributed by atoms with Gasteiger partial charge in [-0.15, -0.1) is 0 Å². The molecule has 8 nitrogen and oxygen atoms in total. The van der Waals surface area contributed by atoms with Gasteiger partial charge in [0.2, 0.25) is 11.8 Å². The number of nitrogens with one attached hydrogen (secondary N) is 1. The first kappa shape index (κ1) is 29.7. The Morgan fingerprint density at radius 3 is 2.15 bits per heavy atom. The molecule has 0 unspecified atom stereocenters. The molecule has 0 fully saturated rings. The van der Waals surface area contributed by atoms with Crippen molar-refractivity contribution in [1.82, 2.24) is 10.2 Å². The summed E-state index contributed by atoms with van der Waals surface area (Å²) in [4.78, 5) is 28.5. The van der Waals surface area contributed by atoms with E-state index in [9.17, 15) is 18.0 Å². The number of ether oxygens (including phenoxy) is 1. The van der Waals surface area contributed by atoms with Crippen molar-refractivity contribution >= 4 is 27.5 Å². The van der Waals surface area contributed by atoms with Gasteiger partial charge in [0.05, 0.1) is 17.2 Å². The Balaban J connectivity index is 2.08. The summed E-state index contributed by atoms with van der Waals surface area (Å²) < 4.78 is 34.7. The second-order valence-corrected chi connectivity index (χ2v) is 11.4. The monoisotopic (exact) mass is 551 g/mol. The SMILES string of the molecule is CCOc1ccccc1N(CC(=O)N(Cc1ccccc1C)[C@@H](C)C(=O)NC(C)C)S(=O)(=O)c1ccccc1. The van der Waals surface area contributed by atoms with Crippen molar-refractivity contribution in [2.45, 2.75) is 58.1 Å². The highest BCUT2D eigenvalue weighted by Crippen LogP contribution is 2.33. The molecule has 0 spiro atoms. The summed E-state index contributed by atoms with van der Waals surface area (Å²) in [5.74, 6) is -0.502. The smallest absolute Gasteiger partial charge is 0.264 e. The number of hydrogen-bond acceptors (Lipinski definition) is 5. The number of amides is 2. The molecule has 0 radical (unpaired) electrons. The minimum absolute atomic E-state index is 0.0418. The number of rotatable bonds is 12. The zero-order valence-corrected chi connectivity index (χ0v) is 23.9. The number of para-hydroxylation sites is 2. The van der Waals surface area contributed by atoms with Crippen LogP contribution in [0.4, 0.5) is 5.69 Å². The molecule has 0 aliphatic carbocycles. The van der Waals surface area contributed by atoms with Crippen molar-refractivity contribution in [3.05, 3.63) is 90.0 Å². The van der Waals surface area contributed by atoms with E-state index in [-0.39, 0.29) is 29.1 Å². The highest BCUT2D eigenvalue weighted by Gasteiger charge is 2.34. The zero-order valence-electron chi connectivity index (χ0n) is 23.1. The van der Waals surface area contributed by atoms with Crippen molar-refractivity contribution in [2.75, 3.05) is 17.5 Å². The van der Waals surface area contributed by atoms with Crippen LogP contribution < -0.4 is 14.4 Å². The molecule has 0 aromatic heterocycles. The van der Waals surface area contributed by atoms with Gasteiger partial charge in [0.1, 0.15) is 18.3 Å². The van der Waals surface area contributed by atoms with E-state index in [1.807, 2.05) is 45.0 Å². The average Bonchev–Trinajstić information content (AvgIpc) is 2.91. The lowest BCUT2D eigenvalue weighted by molar-refractivity contribution is -0.139. The van der Waals surface area contributed by atoms with Gasteiger partial charge in [-0.1, -0.05) is 54.6 Å². The van der Waals surface area contributed by atoms with Crippen molar-refractivity contribution < 1.29 is 22.7 Å². The van der Waals surface area contributed by atoms with Crippen LogP contribution in [0.15, 0.2) is 83.8 Å². The number of carbonyl (C=O) groups excluding carboxylic acids is 2. The number of anilines is 1. The fraction of sp³-hybridized carbons (Fsp3) is 0.333. The minimum Gasteiger partial charge on any atom is -0.492 e. The minimum atomic E-state index is -4.16. The van der Waals surface area contributed by atoms with E-state index in [0.29, 0.717) is 12.4 Å². The fourth-order valence-corrected chi connectivity index (χ4v) is 5.58. The molecule has 2 amide bonds. The molecule has 208 valence electrons. The third-order valence-corrected chi connectivity index (χ3v) is 8.02. The Labute approximate surface area is 231 Å². The normalized spacial score (nSPS) is 12.1. The fourth-order valence-electron chi connectivity index (χ4n) is 4.13. The molecule has 9 heteroatoms. The van der Waals surface area contributed by atoms with Crippen LogP contribution in [0, 0.1) is 6.92 Å². The van der Waals surface area contributed by atoms with Crippen LogP contribution in [0.3, 0.4) is 0 Å². The zero-order chi connectivity index (χ0) is 28.6. The summed E-state index contributed by atoms with van der Waals surface area (Å²) in [6.45, 7) is 9.01. The van der Waals surface area contributed by atoms with E-state index in [1.165, 1.54) is 17.0 Å². The van der Waals surface area contributed by atoms with Crippen LogP contribution in [-0.2, 0) is 26.2 Å². The van der Waals surface area contributed by atoms with Crippen LogP contribution in [0.2, 0.25) is 0 Å². The van der Waals surface area contributed by atoms with Gasteiger partial charge in [0.15, 0.2) is 0 Å². The third kappa shape index (κ3) is 7.38. The summed E-state index contributed by atoms with van der Waals surface area (Å²) in [5.41, 5.74) is 2.07. The molecule has 3 aromatic rings. The Kier molecular flexibility index (Phi) is 10.1. The van der Waals surface area contributed by atoms with E-state index in [4.69, 9.17) is 4.74 Å². The number of benzene rings is 3. The van der Waals surface area contributed by atoms with Gasteiger partial charge in [-0.05, 0) is 70.0 Å². The number of carbonyl (C=O) groups is 2. The van der Waals surface area contributed by atoms with Crippen molar-refractivity contribution in [2.24, 2.45) is 0 Å². The largest absolute Gasteiger partial charge is 0.492 e. The Morgan fingerprint density at radius 1 is 0.897 bits per heavy atom. The second kappa shape index (κ2) is 13.3. The molecule has 0 heterocycles.